The molecule has 0 aromatic heterocycles. The summed E-state index contributed by atoms with van der Waals surface area (Å²) in [7, 11) is 0. The van der Waals surface area contributed by atoms with Crippen LogP contribution in [0.1, 0.15) is 31.9 Å². The van der Waals surface area contributed by atoms with E-state index in [1.165, 1.54) is 9.80 Å². The van der Waals surface area contributed by atoms with Crippen molar-refractivity contribution in [2.45, 2.75) is 34.2 Å². The zero-order chi connectivity index (χ0) is 25.4. The van der Waals surface area contributed by atoms with Gasteiger partial charge in [-0.25, -0.2) is 14.4 Å². The second-order valence-corrected chi connectivity index (χ2v) is 6.96. The molecule has 0 spiro atoms. The standard InChI is InChI=1S/C20H30N4O7.C2H6/c1-3-22(18(26)27)12-13-23(19(28)29)10-8-21(15-25)9-11-24(20(30)31)14-17-6-4-16(2)5-7-17;1-2/h4-7,15H,3,8-14H2,1-2H3,(H,26,27)(H,28,29)(H,30,31);1-2H3. The molecule has 0 bridgehead atoms. The molecular formula is C22H36N4O7. The Morgan fingerprint density at radius 2 is 1.18 bits per heavy atom. The molecule has 33 heavy (non-hydrogen) atoms. The summed E-state index contributed by atoms with van der Waals surface area (Å²) >= 11 is 0. The van der Waals surface area contributed by atoms with Gasteiger partial charge in [0, 0.05) is 52.4 Å². The summed E-state index contributed by atoms with van der Waals surface area (Å²) in [6.45, 7) is 8.19. The molecular weight excluding hydrogens is 432 g/mol. The van der Waals surface area contributed by atoms with Gasteiger partial charge in [-0.05, 0) is 19.4 Å². The first-order chi connectivity index (χ1) is 15.7. The Kier molecular flexibility index (Phi) is 14.5. The van der Waals surface area contributed by atoms with Gasteiger partial charge in [0.1, 0.15) is 0 Å². The van der Waals surface area contributed by atoms with Crippen LogP contribution in [-0.4, -0.2) is 105 Å². The van der Waals surface area contributed by atoms with Crippen LogP contribution in [0.25, 0.3) is 0 Å². The monoisotopic (exact) mass is 468 g/mol. The van der Waals surface area contributed by atoms with Crippen LogP contribution >= 0.6 is 0 Å². The fourth-order valence-corrected chi connectivity index (χ4v) is 2.81. The summed E-state index contributed by atoms with van der Waals surface area (Å²) in [5.74, 6) is 0. The second kappa shape index (κ2) is 16.2. The summed E-state index contributed by atoms with van der Waals surface area (Å²) in [4.78, 5) is 50.0. The number of amides is 4. The normalized spacial score (nSPS) is 9.82. The first-order valence-corrected chi connectivity index (χ1v) is 10.9. The lowest BCUT2D eigenvalue weighted by molar-refractivity contribution is -0.118. The molecule has 1 aromatic rings. The molecule has 0 aliphatic rings. The number of carboxylic acid groups (broad SMARTS) is 3. The molecule has 0 fully saturated rings. The molecule has 0 aliphatic heterocycles. The number of nitrogens with zero attached hydrogens (tertiary/aromatic N) is 4. The maximum Gasteiger partial charge on any atom is 0.407 e. The highest BCUT2D eigenvalue weighted by molar-refractivity contribution is 5.66. The maximum absolute atomic E-state index is 11.5. The molecule has 0 aliphatic carbocycles. The SMILES string of the molecule is CC.CCN(CCN(CCN(C=O)CCN(Cc1ccc(C)cc1)C(=O)O)C(=O)O)C(=O)O. The summed E-state index contributed by atoms with van der Waals surface area (Å²) in [6.07, 6.45) is -2.93. The van der Waals surface area contributed by atoms with Gasteiger partial charge < -0.3 is 34.9 Å². The van der Waals surface area contributed by atoms with Crippen molar-refractivity contribution in [2.24, 2.45) is 0 Å². The first-order valence-electron chi connectivity index (χ1n) is 10.9. The van der Waals surface area contributed by atoms with E-state index in [1.807, 2.05) is 45.0 Å². The van der Waals surface area contributed by atoms with Gasteiger partial charge in [-0.3, -0.25) is 4.79 Å². The van der Waals surface area contributed by atoms with Gasteiger partial charge in [-0.15, -0.1) is 0 Å². The molecule has 186 valence electrons. The molecule has 1 aromatic carbocycles. The van der Waals surface area contributed by atoms with Crippen LogP contribution in [0, 0.1) is 6.92 Å². The highest BCUT2D eigenvalue weighted by atomic mass is 16.4. The molecule has 0 saturated carbocycles. The van der Waals surface area contributed by atoms with E-state index in [4.69, 9.17) is 5.11 Å². The van der Waals surface area contributed by atoms with Gasteiger partial charge in [-0.2, -0.15) is 0 Å². The molecule has 0 unspecified atom stereocenters. The number of hydrogen-bond donors (Lipinski definition) is 3. The van der Waals surface area contributed by atoms with E-state index in [-0.39, 0.29) is 52.4 Å². The number of rotatable bonds is 13. The topological polar surface area (TPSA) is 142 Å². The summed E-state index contributed by atoms with van der Waals surface area (Å²) < 4.78 is 0. The lowest BCUT2D eigenvalue weighted by atomic mass is 10.1. The van der Waals surface area contributed by atoms with Gasteiger partial charge in [0.15, 0.2) is 0 Å². The lowest BCUT2D eigenvalue weighted by Crippen LogP contribution is -2.44. The van der Waals surface area contributed by atoms with Gasteiger partial charge in [0.2, 0.25) is 6.41 Å². The molecule has 0 radical (unpaired) electrons. The smallest absolute Gasteiger partial charge is 0.407 e. The molecule has 3 N–H and O–H groups in total. The molecule has 0 heterocycles. The molecule has 11 heteroatoms. The Bertz CT molecular complexity index is 743. The van der Waals surface area contributed by atoms with Crippen molar-refractivity contribution >= 4 is 24.7 Å². The third-order valence-corrected chi connectivity index (χ3v) is 4.79. The average molecular weight is 469 g/mol. The lowest BCUT2D eigenvalue weighted by Gasteiger charge is -2.27. The van der Waals surface area contributed by atoms with Crippen LogP contribution in [0.3, 0.4) is 0 Å². The van der Waals surface area contributed by atoms with Crippen molar-refractivity contribution < 1.29 is 34.5 Å². The third kappa shape index (κ3) is 11.6. The van der Waals surface area contributed by atoms with Gasteiger partial charge in [0.05, 0.1) is 0 Å². The predicted octanol–water partition coefficient (Wildman–Crippen LogP) is 2.94. The predicted molar refractivity (Wildman–Crippen MR) is 123 cm³/mol. The quantitative estimate of drug-likeness (QED) is 0.378. The van der Waals surface area contributed by atoms with Crippen LogP contribution < -0.4 is 0 Å². The largest absolute Gasteiger partial charge is 0.465 e. The fraction of sp³-hybridized carbons (Fsp3) is 0.545. The minimum atomic E-state index is -1.22. The summed E-state index contributed by atoms with van der Waals surface area (Å²) in [5.41, 5.74) is 1.88. The molecule has 11 nitrogen and oxygen atoms in total. The second-order valence-electron chi connectivity index (χ2n) is 6.96. The third-order valence-electron chi connectivity index (χ3n) is 4.79. The van der Waals surface area contributed by atoms with Gasteiger partial charge in [0.25, 0.3) is 0 Å². The van der Waals surface area contributed by atoms with Crippen LogP contribution in [0.4, 0.5) is 14.4 Å². The molecule has 4 amide bonds. The maximum atomic E-state index is 11.5. The van der Waals surface area contributed by atoms with Crippen LogP contribution in [0.2, 0.25) is 0 Å². The Balaban J connectivity index is 0.00000497. The number of hydrogen-bond acceptors (Lipinski definition) is 4. The van der Waals surface area contributed by atoms with Crippen LogP contribution in [0.15, 0.2) is 24.3 Å². The average Bonchev–Trinajstić information content (AvgIpc) is 2.79. The van der Waals surface area contributed by atoms with Crippen LogP contribution in [0.5, 0.6) is 0 Å². The van der Waals surface area contributed by atoms with Crippen molar-refractivity contribution in [1.82, 2.24) is 19.6 Å². The minimum absolute atomic E-state index is 0.0164. The Morgan fingerprint density at radius 3 is 1.61 bits per heavy atom. The van der Waals surface area contributed by atoms with E-state index in [9.17, 15) is 29.4 Å². The molecule has 1 rings (SSSR count). The minimum Gasteiger partial charge on any atom is -0.465 e. The van der Waals surface area contributed by atoms with Gasteiger partial charge in [-0.1, -0.05) is 43.7 Å². The molecule has 0 saturated heterocycles. The van der Waals surface area contributed by atoms with Crippen molar-refractivity contribution in [1.29, 1.82) is 0 Å². The zero-order valence-electron chi connectivity index (χ0n) is 19.8. The van der Waals surface area contributed by atoms with E-state index in [0.29, 0.717) is 6.41 Å². The highest BCUT2D eigenvalue weighted by Crippen LogP contribution is 2.07. The number of likely N-dealkylation sites (N-methyl/N-ethyl adjacent to an activating group) is 1. The number of benzene rings is 1. The van der Waals surface area contributed by atoms with Crippen molar-refractivity contribution in [2.75, 3.05) is 45.8 Å². The number of carbonyl (C=O) groups excluding carboxylic acids is 1. The zero-order valence-corrected chi connectivity index (χ0v) is 19.8. The number of aryl methyl sites for hydroxylation is 1. The van der Waals surface area contributed by atoms with E-state index in [0.717, 1.165) is 20.9 Å². The summed E-state index contributed by atoms with van der Waals surface area (Å²) in [5, 5.41) is 27.8. The van der Waals surface area contributed by atoms with Crippen molar-refractivity contribution in [3.63, 3.8) is 0 Å². The van der Waals surface area contributed by atoms with Crippen molar-refractivity contribution in [3.05, 3.63) is 35.4 Å². The van der Waals surface area contributed by atoms with Crippen molar-refractivity contribution in [3.8, 4) is 0 Å². The van der Waals surface area contributed by atoms with E-state index in [1.54, 1.807) is 6.92 Å². The van der Waals surface area contributed by atoms with E-state index < -0.39 is 18.3 Å². The fourth-order valence-electron chi connectivity index (χ4n) is 2.81. The Morgan fingerprint density at radius 1 is 0.758 bits per heavy atom. The van der Waals surface area contributed by atoms with E-state index in [2.05, 4.69) is 0 Å². The number of carbonyl (C=O) groups is 4. The summed E-state index contributed by atoms with van der Waals surface area (Å²) in [6, 6.07) is 7.45. The Labute approximate surface area is 194 Å². The van der Waals surface area contributed by atoms with Gasteiger partial charge >= 0.3 is 18.3 Å². The Hall–Kier alpha value is -3.50. The molecule has 0 atom stereocenters. The highest BCUT2D eigenvalue weighted by Gasteiger charge is 2.18. The van der Waals surface area contributed by atoms with E-state index >= 15 is 0 Å². The first kappa shape index (κ1) is 29.5. The van der Waals surface area contributed by atoms with Crippen LogP contribution in [-0.2, 0) is 11.3 Å².